The van der Waals surface area contributed by atoms with Crippen molar-refractivity contribution in [3.8, 4) is 0 Å². The number of hydrogen-bond acceptors (Lipinski definition) is 7. The second-order valence-corrected chi connectivity index (χ2v) is 15.3. The molecule has 0 aromatic rings. The molecular formula is C43H80NO7P. The Balaban J connectivity index is 4.14. The topological polar surface area (TPSA) is 117 Å². The van der Waals surface area contributed by atoms with E-state index in [0.29, 0.717) is 13.0 Å². The largest absolute Gasteiger partial charge is 0.472 e. The Kier molecular flexibility index (Phi) is 39.4. The Labute approximate surface area is 320 Å². The van der Waals surface area contributed by atoms with Crippen molar-refractivity contribution in [1.29, 1.82) is 0 Å². The molecule has 8 nitrogen and oxygen atoms in total. The van der Waals surface area contributed by atoms with Crippen LogP contribution in [0.4, 0.5) is 0 Å². The SMILES string of the molecule is CCCCCC=CCC=CCC=CCC=CCCCC(=O)OC(COCCCCCCCCCCCCCCCCCC)COP(=O)(O)OCCN. The lowest BCUT2D eigenvalue weighted by Gasteiger charge is -2.20. The molecule has 0 amide bonds. The van der Waals surface area contributed by atoms with Crippen LogP contribution in [0.25, 0.3) is 0 Å². The molecular weight excluding hydrogens is 673 g/mol. The van der Waals surface area contributed by atoms with Crippen molar-refractivity contribution >= 4 is 13.8 Å². The van der Waals surface area contributed by atoms with Gasteiger partial charge in [0.1, 0.15) is 6.10 Å². The fraction of sp³-hybridized carbons (Fsp3) is 0.791. The summed E-state index contributed by atoms with van der Waals surface area (Å²) in [5, 5.41) is 0. The van der Waals surface area contributed by atoms with Gasteiger partial charge >= 0.3 is 13.8 Å². The zero-order valence-corrected chi connectivity index (χ0v) is 34.4. The second-order valence-electron chi connectivity index (χ2n) is 13.9. The molecule has 9 heteroatoms. The van der Waals surface area contributed by atoms with Gasteiger partial charge in [0, 0.05) is 19.6 Å². The minimum absolute atomic E-state index is 0.0915. The summed E-state index contributed by atoms with van der Waals surface area (Å²) in [5.74, 6) is -0.383. The van der Waals surface area contributed by atoms with Crippen molar-refractivity contribution in [3.05, 3.63) is 48.6 Å². The smallest absolute Gasteiger partial charge is 0.457 e. The summed E-state index contributed by atoms with van der Waals surface area (Å²) < 4.78 is 33.3. The molecule has 0 rings (SSSR count). The third-order valence-corrected chi connectivity index (χ3v) is 9.73. The predicted molar refractivity (Wildman–Crippen MR) is 219 cm³/mol. The van der Waals surface area contributed by atoms with Crippen LogP contribution in [0.2, 0.25) is 0 Å². The maximum atomic E-state index is 12.5. The van der Waals surface area contributed by atoms with Crippen LogP contribution in [0.3, 0.4) is 0 Å². The fourth-order valence-corrected chi connectivity index (χ4v) is 6.40. The minimum atomic E-state index is -4.29. The van der Waals surface area contributed by atoms with Gasteiger partial charge in [0.05, 0.1) is 19.8 Å². The van der Waals surface area contributed by atoms with Crippen LogP contribution in [0, 0.1) is 0 Å². The molecule has 0 saturated carbocycles. The molecule has 0 saturated heterocycles. The van der Waals surface area contributed by atoms with E-state index in [1.807, 2.05) is 0 Å². The lowest BCUT2D eigenvalue weighted by Crippen LogP contribution is -2.28. The number of phosphoric ester groups is 1. The van der Waals surface area contributed by atoms with Crippen molar-refractivity contribution < 1.29 is 32.8 Å². The standard InChI is InChI=1S/C43H80NO7P/c1-3-5-7-9-11-13-15-17-19-21-22-24-26-28-30-32-34-36-43(45)51-42(41-50-52(46,47)49-39-37-44)40-48-38-35-33-31-29-27-25-23-20-18-16-14-12-10-8-6-4-2/h11,13,17,19,22,24,28,30,42H,3-10,12,14-16,18,20-21,23,25-27,29,31-41,44H2,1-2H3,(H,46,47). The first-order valence-electron chi connectivity index (χ1n) is 21.1. The summed E-state index contributed by atoms with van der Waals surface area (Å²) >= 11 is 0. The molecule has 0 aliphatic rings. The average molecular weight is 754 g/mol. The number of unbranched alkanes of at least 4 members (excludes halogenated alkanes) is 19. The molecule has 0 bridgehead atoms. The van der Waals surface area contributed by atoms with Crippen LogP contribution in [-0.4, -0.2) is 49.9 Å². The van der Waals surface area contributed by atoms with E-state index in [1.54, 1.807) is 0 Å². The maximum absolute atomic E-state index is 12.5. The maximum Gasteiger partial charge on any atom is 0.472 e. The highest BCUT2D eigenvalue weighted by Crippen LogP contribution is 2.43. The van der Waals surface area contributed by atoms with Crippen LogP contribution in [-0.2, 0) is 27.9 Å². The molecule has 0 aliphatic carbocycles. The molecule has 0 heterocycles. The zero-order valence-electron chi connectivity index (χ0n) is 33.5. The summed E-state index contributed by atoms with van der Waals surface area (Å²) in [6.07, 6.45) is 47.0. The molecule has 0 aromatic carbocycles. The van der Waals surface area contributed by atoms with Crippen molar-refractivity contribution in [1.82, 2.24) is 0 Å². The first-order valence-corrected chi connectivity index (χ1v) is 22.6. The van der Waals surface area contributed by atoms with Crippen LogP contribution in [0.5, 0.6) is 0 Å². The summed E-state index contributed by atoms with van der Waals surface area (Å²) in [7, 11) is -4.29. The van der Waals surface area contributed by atoms with Gasteiger partial charge in [0.15, 0.2) is 0 Å². The van der Waals surface area contributed by atoms with E-state index in [-0.39, 0.29) is 38.8 Å². The van der Waals surface area contributed by atoms with Crippen LogP contribution >= 0.6 is 7.82 Å². The molecule has 0 aromatic heterocycles. The minimum Gasteiger partial charge on any atom is -0.457 e. The van der Waals surface area contributed by atoms with Gasteiger partial charge in [0.25, 0.3) is 0 Å². The molecule has 52 heavy (non-hydrogen) atoms. The summed E-state index contributed by atoms with van der Waals surface area (Å²) in [5.41, 5.74) is 5.36. The summed E-state index contributed by atoms with van der Waals surface area (Å²) in [6.45, 7) is 4.83. The monoisotopic (exact) mass is 754 g/mol. The van der Waals surface area contributed by atoms with E-state index in [9.17, 15) is 14.3 Å². The van der Waals surface area contributed by atoms with E-state index in [4.69, 9.17) is 24.3 Å². The highest BCUT2D eigenvalue weighted by atomic mass is 31.2. The second kappa shape index (κ2) is 40.6. The molecule has 0 spiro atoms. The number of ether oxygens (including phenoxy) is 2. The Morgan fingerprint density at radius 2 is 1.02 bits per heavy atom. The molecule has 2 atom stereocenters. The number of esters is 1. The van der Waals surface area contributed by atoms with Crippen molar-refractivity contribution in [2.45, 2.75) is 187 Å². The highest BCUT2D eigenvalue weighted by Gasteiger charge is 2.25. The van der Waals surface area contributed by atoms with Gasteiger partial charge in [-0.15, -0.1) is 0 Å². The van der Waals surface area contributed by atoms with E-state index < -0.39 is 13.9 Å². The van der Waals surface area contributed by atoms with Gasteiger partial charge in [-0.25, -0.2) is 4.57 Å². The Morgan fingerprint density at radius 3 is 1.52 bits per heavy atom. The molecule has 3 N–H and O–H groups in total. The van der Waals surface area contributed by atoms with Gasteiger partial charge in [-0.1, -0.05) is 172 Å². The van der Waals surface area contributed by atoms with E-state index in [0.717, 1.165) is 38.5 Å². The van der Waals surface area contributed by atoms with Crippen molar-refractivity contribution in [2.24, 2.45) is 5.73 Å². The normalized spacial score (nSPS) is 14.0. The Bertz CT molecular complexity index is 936. The van der Waals surface area contributed by atoms with Gasteiger partial charge in [-0.2, -0.15) is 0 Å². The number of allylic oxidation sites excluding steroid dienone is 8. The number of rotatable bonds is 40. The van der Waals surface area contributed by atoms with E-state index in [2.05, 4.69) is 62.5 Å². The third-order valence-electron chi connectivity index (χ3n) is 8.75. The van der Waals surface area contributed by atoms with E-state index in [1.165, 1.54) is 116 Å². The number of hydrogen-bond donors (Lipinski definition) is 2. The molecule has 304 valence electrons. The lowest BCUT2D eigenvalue weighted by atomic mass is 10.0. The van der Waals surface area contributed by atoms with Gasteiger partial charge < -0.3 is 20.1 Å². The van der Waals surface area contributed by atoms with Gasteiger partial charge in [0.2, 0.25) is 0 Å². The van der Waals surface area contributed by atoms with Gasteiger partial charge in [-0.05, 0) is 51.4 Å². The lowest BCUT2D eigenvalue weighted by molar-refractivity contribution is -0.154. The molecule has 0 radical (unpaired) electrons. The van der Waals surface area contributed by atoms with Crippen molar-refractivity contribution in [2.75, 3.05) is 33.0 Å². The first kappa shape index (κ1) is 50.5. The highest BCUT2D eigenvalue weighted by molar-refractivity contribution is 7.47. The molecule has 2 unspecified atom stereocenters. The van der Waals surface area contributed by atoms with E-state index >= 15 is 0 Å². The van der Waals surface area contributed by atoms with Crippen LogP contribution in [0.15, 0.2) is 48.6 Å². The van der Waals surface area contributed by atoms with Crippen LogP contribution < -0.4 is 5.73 Å². The zero-order chi connectivity index (χ0) is 38.1. The fourth-order valence-electron chi connectivity index (χ4n) is 5.64. The number of carbonyl (C=O) groups excluding carboxylic acids is 1. The number of carbonyl (C=O) groups is 1. The number of phosphoric acid groups is 1. The Morgan fingerprint density at radius 1 is 0.577 bits per heavy atom. The molecule has 0 fully saturated rings. The third kappa shape index (κ3) is 39.7. The van der Waals surface area contributed by atoms with Crippen molar-refractivity contribution in [3.63, 3.8) is 0 Å². The number of nitrogens with two attached hydrogens (primary N) is 1. The predicted octanol–water partition coefficient (Wildman–Crippen LogP) is 12.4. The quantitative estimate of drug-likeness (QED) is 0.0275. The summed E-state index contributed by atoms with van der Waals surface area (Å²) in [6, 6.07) is 0. The molecule has 0 aliphatic heterocycles. The van der Waals surface area contributed by atoms with Gasteiger partial charge in [-0.3, -0.25) is 13.8 Å². The first-order chi connectivity index (χ1) is 25.4. The average Bonchev–Trinajstić information content (AvgIpc) is 3.13. The van der Waals surface area contributed by atoms with Crippen LogP contribution in [0.1, 0.15) is 181 Å². The summed E-state index contributed by atoms with van der Waals surface area (Å²) in [4.78, 5) is 22.4. The Hall–Kier alpha value is -1.54.